The van der Waals surface area contributed by atoms with Gasteiger partial charge in [0.15, 0.2) is 0 Å². The molecule has 0 fully saturated rings. The molecule has 0 aromatic heterocycles. The average molecular weight is 216 g/mol. The van der Waals surface area contributed by atoms with E-state index in [1.54, 1.807) is 0 Å². The zero-order valence-electron chi connectivity index (χ0n) is 11.4. The molecule has 0 aliphatic heterocycles. The molecule has 0 N–H and O–H groups in total. The molecular weight excluding hydrogens is 192 g/mol. The van der Waals surface area contributed by atoms with Crippen molar-refractivity contribution in [2.75, 3.05) is 0 Å². The Balaban J connectivity index is 3.38. The highest BCUT2D eigenvalue weighted by atomic mass is 14.3. The summed E-state index contributed by atoms with van der Waals surface area (Å²) in [6.07, 6.45) is 2.31. The van der Waals surface area contributed by atoms with Crippen molar-refractivity contribution in [3.63, 3.8) is 0 Å². The van der Waals surface area contributed by atoms with Gasteiger partial charge < -0.3 is 0 Å². The Bertz CT molecular complexity index is 388. The monoisotopic (exact) mass is 216 g/mol. The third kappa shape index (κ3) is 2.21. The molecule has 0 bridgehead atoms. The topological polar surface area (TPSA) is 0 Å². The second-order valence-electron chi connectivity index (χ2n) is 5.02. The van der Waals surface area contributed by atoms with Crippen LogP contribution in [-0.4, -0.2) is 0 Å². The molecule has 1 rings (SSSR count). The molecule has 0 aromatic rings. The van der Waals surface area contributed by atoms with E-state index in [-0.39, 0.29) is 0 Å². The van der Waals surface area contributed by atoms with Gasteiger partial charge in [0, 0.05) is 0 Å². The van der Waals surface area contributed by atoms with Gasteiger partial charge in [0.2, 0.25) is 0 Å². The molecule has 0 radical (unpaired) electrons. The lowest BCUT2D eigenvalue weighted by molar-refractivity contribution is 0.595. The summed E-state index contributed by atoms with van der Waals surface area (Å²) in [5, 5.41) is 0. The smallest absolute Gasteiger partial charge is 0.0127 e. The maximum atomic E-state index is 4.30. The van der Waals surface area contributed by atoms with Crippen molar-refractivity contribution >= 4 is 0 Å². The van der Waals surface area contributed by atoms with Crippen molar-refractivity contribution < 1.29 is 0 Å². The van der Waals surface area contributed by atoms with Crippen molar-refractivity contribution in [3.8, 4) is 0 Å². The van der Waals surface area contributed by atoms with Crippen LogP contribution in [0.4, 0.5) is 0 Å². The molecule has 0 spiro atoms. The van der Waals surface area contributed by atoms with Gasteiger partial charge in [0.05, 0.1) is 0 Å². The van der Waals surface area contributed by atoms with Crippen molar-refractivity contribution in [2.45, 2.75) is 47.5 Å². The Morgan fingerprint density at radius 3 is 2.25 bits per heavy atom. The average Bonchev–Trinajstić information content (AvgIpc) is 2.29. The van der Waals surface area contributed by atoms with Gasteiger partial charge in [-0.3, -0.25) is 0 Å². The molecule has 0 heteroatoms. The highest BCUT2D eigenvalue weighted by molar-refractivity contribution is 5.55. The van der Waals surface area contributed by atoms with Crippen molar-refractivity contribution in [1.82, 2.24) is 0 Å². The standard InChI is InChI=1S/C16H24/c1-8-15-9-11(4)12(5)13(6)16(10(2)3)14(15)7/h15H,2,7-9H2,1,3-6H3. The summed E-state index contributed by atoms with van der Waals surface area (Å²) in [5.74, 6) is 0.582. The molecule has 16 heavy (non-hydrogen) atoms. The fourth-order valence-electron chi connectivity index (χ4n) is 2.58. The van der Waals surface area contributed by atoms with Crippen LogP contribution >= 0.6 is 0 Å². The lowest BCUT2D eigenvalue weighted by atomic mass is 9.85. The van der Waals surface area contributed by atoms with Gasteiger partial charge in [-0.25, -0.2) is 0 Å². The molecule has 0 heterocycles. The highest BCUT2D eigenvalue weighted by Gasteiger charge is 2.22. The molecule has 1 aliphatic carbocycles. The fraction of sp³-hybridized carbons (Fsp3) is 0.500. The Hall–Kier alpha value is -1.04. The molecule has 1 atom stereocenters. The van der Waals surface area contributed by atoms with Gasteiger partial charge in [-0.05, 0) is 68.7 Å². The first-order chi connectivity index (χ1) is 7.40. The largest absolute Gasteiger partial charge is 0.0955 e. The quantitative estimate of drug-likeness (QED) is 0.595. The first-order valence-corrected chi connectivity index (χ1v) is 6.12. The van der Waals surface area contributed by atoms with E-state index in [0.717, 1.165) is 18.4 Å². The Morgan fingerprint density at radius 2 is 1.81 bits per heavy atom. The maximum Gasteiger partial charge on any atom is -0.0127 e. The molecule has 1 unspecified atom stereocenters. The Kier molecular flexibility index (Phi) is 3.96. The summed E-state index contributed by atoms with van der Waals surface area (Å²) in [6.45, 7) is 19.4. The first kappa shape index (κ1) is 13.0. The van der Waals surface area contributed by atoms with Crippen LogP contribution in [0.25, 0.3) is 0 Å². The molecule has 0 saturated carbocycles. The lowest BCUT2D eigenvalue weighted by Gasteiger charge is -2.19. The SMILES string of the molecule is C=C(C)C1=C(C)C(C)=C(C)CC(CC)C1=C. The van der Waals surface area contributed by atoms with Crippen molar-refractivity contribution in [3.05, 3.63) is 46.6 Å². The van der Waals surface area contributed by atoms with Crippen LogP contribution in [0.5, 0.6) is 0 Å². The van der Waals surface area contributed by atoms with E-state index < -0.39 is 0 Å². The van der Waals surface area contributed by atoms with E-state index in [1.165, 1.54) is 27.9 Å². The third-order valence-corrected chi connectivity index (χ3v) is 3.86. The maximum absolute atomic E-state index is 4.30. The molecule has 88 valence electrons. The van der Waals surface area contributed by atoms with Crippen LogP contribution in [0, 0.1) is 5.92 Å². The summed E-state index contributed by atoms with van der Waals surface area (Å²) in [5.41, 5.74) is 8.03. The van der Waals surface area contributed by atoms with Gasteiger partial charge in [-0.1, -0.05) is 31.2 Å². The minimum atomic E-state index is 0.582. The van der Waals surface area contributed by atoms with Crippen LogP contribution in [0.2, 0.25) is 0 Å². The molecule has 0 nitrogen and oxygen atoms in total. The number of rotatable bonds is 2. The van der Waals surface area contributed by atoms with Crippen molar-refractivity contribution in [2.24, 2.45) is 5.92 Å². The first-order valence-electron chi connectivity index (χ1n) is 6.12. The van der Waals surface area contributed by atoms with E-state index in [4.69, 9.17) is 0 Å². The van der Waals surface area contributed by atoms with Crippen molar-refractivity contribution in [1.29, 1.82) is 0 Å². The Labute approximate surface area is 100 Å². The summed E-state index contributed by atoms with van der Waals surface area (Å²) in [7, 11) is 0. The number of hydrogen-bond acceptors (Lipinski definition) is 0. The van der Waals surface area contributed by atoms with E-state index in [1.807, 2.05) is 0 Å². The van der Waals surface area contributed by atoms with Gasteiger partial charge in [-0.15, -0.1) is 0 Å². The normalized spacial score (nSPS) is 22.6. The molecule has 0 saturated heterocycles. The minimum Gasteiger partial charge on any atom is -0.0955 e. The molecule has 0 aromatic carbocycles. The predicted octanol–water partition coefficient (Wildman–Crippen LogP) is 5.20. The van der Waals surface area contributed by atoms with E-state index >= 15 is 0 Å². The van der Waals surface area contributed by atoms with Crippen LogP contribution in [0.3, 0.4) is 0 Å². The predicted molar refractivity (Wildman–Crippen MR) is 73.4 cm³/mol. The third-order valence-electron chi connectivity index (χ3n) is 3.86. The zero-order valence-corrected chi connectivity index (χ0v) is 11.4. The van der Waals surface area contributed by atoms with E-state index in [2.05, 4.69) is 47.8 Å². The lowest BCUT2D eigenvalue weighted by Crippen LogP contribution is -2.04. The van der Waals surface area contributed by atoms with Gasteiger partial charge >= 0.3 is 0 Å². The summed E-state index contributed by atoms with van der Waals surface area (Å²) in [6, 6.07) is 0. The van der Waals surface area contributed by atoms with E-state index in [0.29, 0.717) is 5.92 Å². The number of allylic oxidation sites excluding steroid dienone is 6. The summed E-state index contributed by atoms with van der Waals surface area (Å²) in [4.78, 5) is 0. The molecular formula is C16H24. The van der Waals surface area contributed by atoms with Crippen LogP contribution in [0.15, 0.2) is 46.6 Å². The zero-order chi connectivity index (χ0) is 12.5. The second-order valence-corrected chi connectivity index (χ2v) is 5.02. The summed E-state index contributed by atoms with van der Waals surface area (Å²) >= 11 is 0. The number of hydrogen-bond donors (Lipinski definition) is 0. The minimum absolute atomic E-state index is 0.582. The van der Waals surface area contributed by atoms with Gasteiger partial charge in [0.1, 0.15) is 0 Å². The highest BCUT2D eigenvalue weighted by Crippen LogP contribution is 2.38. The van der Waals surface area contributed by atoms with E-state index in [9.17, 15) is 0 Å². The fourth-order valence-corrected chi connectivity index (χ4v) is 2.58. The van der Waals surface area contributed by atoms with Crippen LogP contribution < -0.4 is 0 Å². The molecule has 0 amide bonds. The second kappa shape index (κ2) is 4.86. The summed E-state index contributed by atoms with van der Waals surface area (Å²) < 4.78 is 0. The Morgan fingerprint density at radius 1 is 1.25 bits per heavy atom. The van der Waals surface area contributed by atoms with Crippen LogP contribution in [0.1, 0.15) is 47.5 Å². The van der Waals surface area contributed by atoms with Gasteiger partial charge in [-0.2, -0.15) is 0 Å². The molecule has 1 aliphatic rings. The van der Waals surface area contributed by atoms with Crippen LogP contribution in [-0.2, 0) is 0 Å². The van der Waals surface area contributed by atoms with Gasteiger partial charge in [0.25, 0.3) is 0 Å².